The molecule has 5 nitrogen and oxygen atoms in total. The molecule has 1 unspecified atom stereocenters. The van der Waals surface area contributed by atoms with Crippen LogP contribution >= 0.6 is 19.0 Å². The van der Waals surface area contributed by atoms with Crippen molar-refractivity contribution < 1.29 is 14.6 Å². The van der Waals surface area contributed by atoms with E-state index in [4.69, 9.17) is 5.50 Å². The van der Waals surface area contributed by atoms with Crippen molar-refractivity contribution in [1.29, 1.82) is 0 Å². The van der Waals surface area contributed by atoms with Crippen molar-refractivity contribution in [1.82, 2.24) is 0 Å². The Morgan fingerprint density at radius 1 is 1.00 bits per heavy atom. The van der Waals surface area contributed by atoms with Crippen molar-refractivity contribution in [3.8, 4) is 16.2 Å². The highest BCUT2D eigenvalue weighted by molar-refractivity contribution is 7.57. The summed E-state index contributed by atoms with van der Waals surface area (Å²) >= 11 is 1.47. The minimum absolute atomic E-state index is 0.0760. The summed E-state index contributed by atoms with van der Waals surface area (Å²) in [6, 6.07) is 17.4. The van der Waals surface area contributed by atoms with Crippen LogP contribution in [-0.2, 0) is 4.57 Å². The normalized spacial score (nSPS) is 13.5. The van der Waals surface area contributed by atoms with Gasteiger partial charge in [0.25, 0.3) is 0 Å². The summed E-state index contributed by atoms with van der Waals surface area (Å²) in [4.78, 5) is 10.9. The highest BCUT2D eigenvalue weighted by atomic mass is 32.1. The van der Waals surface area contributed by atoms with Gasteiger partial charge in [-0.25, -0.2) is 10.1 Å². The van der Waals surface area contributed by atoms with Crippen molar-refractivity contribution in [2.75, 3.05) is 4.67 Å². The highest BCUT2D eigenvalue weighted by Crippen LogP contribution is 2.51. The van der Waals surface area contributed by atoms with Gasteiger partial charge >= 0.3 is 7.67 Å². The Bertz CT molecular complexity index is 843. The standard InChI is InChI=1S/C16H15N2O3PS/c17-22(20,21)18(13-6-8-14(19)9-7-13)15-10-11-23-16(15)12-4-2-1-3-5-12/h1-11,19H,(H3,17,20,21). The summed E-state index contributed by atoms with van der Waals surface area (Å²) in [7, 11) is -4.09. The Kier molecular flexibility index (Phi) is 4.24. The fourth-order valence-electron chi connectivity index (χ4n) is 2.33. The third-order valence-electron chi connectivity index (χ3n) is 3.29. The molecule has 0 amide bonds. The average molecular weight is 346 g/mol. The molecule has 0 aliphatic rings. The lowest BCUT2D eigenvalue weighted by Crippen LogP contribution is -2.18. The summed E-state index contributed by atoms with van der Waals surface area (Å²) in [6.07, 6.45) is 0. The molecule has 0 fully saturated rings. The summed E-state index contributed by atoms with van der Waals surface area (Å²) in [5.74, 6) is 0.0760. The second kappa shape index (κ2) is 6.18. The summed E-state index contributed by atoms with van der Waals surface area (Å²) in [6.45, 7) is 0. The first kappa shape index (κ1) is 15.8. The number of thiophene rings is 1. The van der Waals surface area contributed by atoms with Crippen molar-refractivity contribution >= 4 is 30.4 Å². The van der Waals surface area contributed by atoms with Crippen LogP contribution in [-0.4, -0.2) is 10.00 Å². The second-order valence-electron chi connectivity index (χ2n) is 4.92. The van der Waals surface area contributed by atoms with E-state index in [1.165, 1.54) is 28.1 Å². The van der Waals surface area contributed by atoms with Crippen LogP contribution in [0.4, 0.5) is 11.4 Å². The molecule has 1 aromatic heterocycles. The van der Waals surface area contributed by atoms with Crippen LogP contribution < -0.4 is 10.2 Å². The first-order valence-corrected chi connectivity index (χ1v) is 9.37. The SMILES string of the molecule is NP(=O)(O)N(c1ccc(O)cc1)c1ccsc1-c1ccccc1. The lowest BCUT2D eigenvalue weighted by molar-refractivity contribution is 0.474. The van der Waals surface area contributed by atoms with Crippen LogP contribution in [0.2, 0.25) is 0 Å². The van der Waals surface area contributed by atoms with Crippen molar-refractivity contribution in [3.63, 3.8) is 0 Å². The zero-order chi connectivity index (χ0) is 16.4. The number of phenolic OH excluding ortho intramolecular Hbond substituents is 1. The van der Waals surface area contributed by atoms with E-state index < -0.39 is 7.67 Å². The number of rotatable bonds is 4. The highest BCUT2D eigenvalue weighted by Gasteiger charge is 2.28. The number of anilines is 2. The molecular weight excluding hydrogens is 331 g/mol. The summed E-state index contributed by atoms with van der Waals surface area (Å²) in [5.41, 5.74) is 7.50. The molecule has 0 bridgehead atoms. The molecule has 4 N–H and O–H groups in total. The van der Waals surface area contributed by atoms with E-state index in [0.717, 1.165) is 10.4 Å². The number of aromatic hydroxyl groups is 1. The Hall–Kier alpha value is -2.11. The Morgan fingerprint density at radius 2 is 1.65 bits per heavy atom. The monoisotopic (exact) mass is 346 g/mol. The van der Waals surface area contributed by atoms with Gasteiger partial charge in [-0.15, -0.1) is 11.3 Å². The fourth-order valence-corrected chi connectivity index (χ4v) is 4.22. The van der Waals surface area contributed by atoms with Gasteiger partial charge in [-0.2, -0.15) is 0 Å². The lowest BCUT2D eigenvalue weighted by Gasteiger charge is -2.27. The number of nitrogens with zero attached hydrogens (tertiary/aromatic N) is 1. The third kappa shape index (κ3) is 3.30. The number of hydrogen-bond acceptors (Lipinski definition) is 3. The van der Waals surface area contributed by atoms with Gasteiger partial charge in [0, 0.05) is 0 Å². The van der Waals surface area contributed by atoms with Crippen LogP contribution in [0.5, 0.6) is 5.75 Å². The first-order chi connectivity index (χ1) is 11.0. The molecule has 0 saturated carbocycles. The molecule has 7 heteroatoms. The lowest BCUT2D eigenvalue weighted by atomic mass is 10.1. The van der Waals surface area contributed by atoms with Crippen LogP contribution in [0.3, 0.4) is 0 Å². The minimum Gasteiger partial charge on any atom is -0.508 e. The maximum atomic E-state index is 12.3. The maximum absolute atomic E-state index is 12.3. The molecule has 118 valence electrons. The molecule has 0 saturated heterocycles. The Balaban J connectivity index is 2.15. The van der Waals surface area contributed by atoms with Crippen molar-refractivity contribution in [3.05, 3.63) is 66.0 Å². The van der Waals surface area contributed by atoms with E-state index in [1.54, 1.807) is 18.2 Å². The molecule has 1 atom stereocenters. The van der Waals surface area contributed by atoms with E-state index in [0.29, 0.717) is 11.4 Å². The van der Waals surface area contributed by atoms with Gasteiger partial charge in [-0.3, -0.25) is 4.67 Å². The van der Waals surface area contributed by atoms with E-state index in [2.05, 4.69) is 0 Å². The molecule has 2 aromatic carbocycles. The van der Waals surface area contributed by atoms with E-state index in [-0.39, 0.29) is 5.75 Å². The minimum atomic E-state index is -4.09. The molecule has 23 heavy (non-hydrogen) atoms. The van der Waals surface area contributed by atoms with Crippen LogP contribution in [0.1, 0.15) is 0 Å². The van der Waals surface area contributed by atoms with Crippen LogP contribution in [0.25, 0.3) is 10.4 Å². The smallest absolute Gasteiger partial charge is 0.367 e. The van der Waals surface area contributed by atoms with E-state index in [9.17, 15) is 14.6 Å². The van der Waals surface area contributed by atoms with E-state index >= 15 is 0 Å². The summed E-state index contributed by atoms with van der Waals surface area (Å²) in [5, 5.41) is 11.3. The first-order valence-electron chi connectivity index (χ1n) is 6.81. The van der Waals surface area contributed by atoms with Crippen molar-refractivity contribution in [2.45, 2.75) is 0 Å². The molecule has 3 aromatic rings. The molecule has 0 aliphatic heterocycles. The number of hydrogen-bond donors (Lipinski definition) is 3. The number of benzene rings is 2. The quantitative estimate of drug-likeness (QED) is 0.613. The second-order valence-corrected chi connectivity index (χ2v) is 7.41. The topological polar surface area (TPSA) is 86.8 Å². The average Bonchev–Trinajstić information content (AvgIpc) is 2.98. The molecule has 0 spiro atoms. The summed E-state index contributed by atoms with van der Waals surface area (Å²) < 4.78 is 13.5. The molecule has 0 radical (unpaired) electrons. The number of nitrogens with two attached hydrogens (primary N) is 1. The molecular formula is C16H15N2O3PS. The van der Waals surface area contributed by atoms with E-state index in [1.807, 2.05) is 35.7 Å². The van der Waals surface area contributed by atoms with Gasteiger partial charge in [0.1, 0.15) is 5.75 Å². The van der Waals surface area contributed by atoms with Crippen molar-refractivity contribution in [2.24, 2.45) is 5.50 Å². The molecule has 0 aliphatic carbocycles. The van der Waals surface area contributed by atoms with Crippen LogP contribution in [0, 0.1) is 0 Å². The van der Waals surface area contributed by atoms with Gasteiger partial charge in [-0.1, -0.05) is 30.3 Å². The van der Waals surface area contributed by atoms with Crippen LogP contribution in [0.15, 0.2) is 66.0 Å². The Morgan fingerprint density at radius 3 is 2.26 bits per heavy atom. The Labute approximate surface area is 137 Å². The fraction of sp³-hybridized carbons (Fsp3) is 0. The van der Waals surface area contributed by atoms with Gasteiger partial charge in [0.2, 0.25) is 0 Å². The largest absolute Gasteiger partial charge is 0.508 e. The zero-order valence-electron chi connectivity index (χ0n) is 12.0. The third-order valence-corrected chi connectivity index (χ3v) is 5.26. The molecule has 1 heterocycles. The predicted molar refractivity (Wildman–Crippen MR) is 94.0 cm³/mol. The zero-order valence-corrected chi connectivity index (χ0v) is 13.7. The van der Waals surface area contributed by atoms with Gasteiger partial charge in [-0.05, 0) is 41.3 Å². The maximum Gasteiger partial charge on any atom is 0.367 e. The number of phenols is 1. The predicted octanol–water partition coefficient (Wildman–Crippen LogP) is 4.32. The van der Waals surface area contributed by atoms with Gasteiger partial charge < -0.3 is 10.00 Å². The van der Waals surface area contributed by atoms with Gasteiger partial charge in [0.15, 0.2) is 0 Å². The van der Waals surface area contributed by atoms with Gasteiger partial charge in [0.05, 0.1) is 16.3 Å². The molecule has 3 rings (SSSR count).